The number of aromatic nitrogens is 2. The van der Waals surface area contributed by atoms with Crippen molar-refractivity contribution in [2.75, 3.05) is 7.05 Å². The van der Waals surface area contributed by atoms with Gasteiger partial charge >= 0.3 is 0 Å². The summed E-state index contributed by atoms with van der Waals surface area (Å²) in [4.78, 5) is 23.4. The molecule has 1 heterocycles. The van der Waals surface area contributed by atoms with Crippen molar-refractivity contribution in [3.05, 3.63) is 70.5 Å². The van der Waals surface area contributed by atoms with Gasteiger partial charge in [-0.15, -0.1) is 0 Å². The van der Waals surface area contributed by atoms with E-state index in [1.807, 2.05) is 0 Å². The molecule has 2 rings (SSSR count). The van der Waals surface area contributed by atoms with Gasteiger partial charge < -0.3 is 5.32 Å². The van der Waals surface area contributed by atoms with Crippen molar-refractivity contribution in [3.8, 4) is 5.69 Å². The van der Waals surface area contributed by atoms with Crippen molar-refractivity contribution >= 4 is 5.78 Å². The molecule has 0 fully saturated rings. The van der Waals surface area contributed by atoms with E-state index in [4.69, 9.17) is 0 Å². The molecule has 0 aliphatic heterocycles. The molecule has 0 saturated heterocycles. The van der Waals surface area contributed by atoms with E-state index in [2.05, 4.69) is 10.4 Å². The summed E-state index contributed by atoms with van der Waals surface area (Å²) in [6, 6.07) is 6.81. The molecule has 0 bridgehead atoms. The highest BCUT2D eigenvalue weighted by molar-refractivity contribution is 6.02. The molecule has 0 aliphatic rings. The van der Waals surface area contributed by atoms with Crippen molar-refractivity contribution in [1.29, 1.82) is 0 Å². The zero-order valence-electron chi connectivity index (χ0n) is 10.7. The van der Waals surface area contributed by atoms with Crippen LogP contribution < -0.4 is 10.7 Å². The second-order valence-corrected chi connectivity index (χ2v) is 3.94. The van der Waals surface area contributed by atoms with Gasteiger partial charge in [0.1, 0.15) is 5.82 Å². The Morgan fingerprint density at radius 2 is 2.00 bits per heavy atom. The number of benzene rings is 1. The van der Waals surface area contributed by atoms with Crippen LogP contribution in [-0.2, 0) is 0 Å². The third kappa shape index (κ3) is 2.97. The Hall–Kier alpha value is -2.76. The Morgan fingerprint density at radius 3 is 2.65 bits per heavy atom. The van der Waals surface area contributed by atoms with E-state index < -0.39 is 11.2 Å². The molecule has 5 nitrogen and oxygen atoms in total. The maximum atomic E-state index is 12.9. The van der Waals surface area contributed by atoms with Gasteiger partial charge in [0.05, 0.1) is 5.69 Å². The molecular weight excluding hydrogens is 261 g/mol. The molecular formula is C14H12FN3O2. The van der Waals surface area contributed by atoms with Crippen LogP contribution >= 0.6 is 0 Å². The summed E-state index contributed by atoms with van der Waals surface area (Å²) in [5.41, 5.74) is -0.101. The standard InChI is InChI=1S/C14H12FN3O2/c1-16-8-6-12(19)14-13(20)7-9-18(17-14)11-4-2-10(15)3-5-11/h2-9,16H,1H3/b8-6+. The van der Waals surface area contributed by atoms with Gasteiger partial charge in [0.25, 0.3) is 0 Å². The topological polar surface area (TPSA) is 64.0 Å². The Morgan fingerprint density at radius 1 is 1.30 bits per heavy atom. The lowest BCUT2D eigenvalue weighted by atomic mass is 10.2. The van der Waals surface area contributed by atoms with E-state index in [1.165, 1.54) is 53.5 Å². The first-order valence-electron chi connectivity index (χ1n) is 5.86. The average Bonchev–Trinajstić information content (AvgIpc) is 2.46. The first kappa shape index (κ1) is 13.7. The van der Waals surface area contributed by atoms with Crippen LogP contribution in [0.25, 0.3) is 5.69 Å². The van der Waals surface area contributed by atoms with E-state index in [0.29, 0.717) is 5.69 Å². The highest BCUT2D eigenvalue weighted by Crippen LogP contribution is 2.07. The number of ketones is 1. The van der Waals surface area contributed by atoms with Gasteiger partial charge in [0.2, 0.25) is 11.2 Å². The van der Waals surface area contributed by atoms with Crippen LogP contribution in [-0.4, -0.2) is 22.6 Å². The van der Waals surface area contributed by atoms with Gasteiger partial charge in [0.15, 0.2) is 5.69 Å². The summed E-state index contributed by atoms with van der Waals surface area (Å²) < 4.78 is 14.2. The summed E-state index contributed by atoms with van der Waals surface area (Å²) >= 11 is 0. The van der Waals surface area contributed by atoms with Gasteiger partial charge in [-0.3, -0.25) is 9.59 Å². The molecule has 0 spiro atoms. The van der Waals surface area contributed by atoms with Crippen LogP contribution in [0.2, 0.25) is 0 Å². The third-order valence-electron chi connectivity index (χ3n) is 2.53. The van der Waals surface area contributed by atoms with Crippen molar-refractivity contribution in [1.82, 2.24) is 15.1 Å². The SMILES string of the molecule is CN/C=C/C(=O)c1nn(-c2ccc(F)cc2)ccc1=O. The minimum Gasteiger partial charge on any atom is -0.394 e. The highest BCUT2D eigenvalue weighted by Gasteiger charge is 2.10. The zero-order chi connectivity index (χ0) is 14.5. The van der Waals surface area contributed by atoms with E-state index in [9.17, 15) is 14.0 Å². The van der Waals surface area contributed by atoms with Crippen molar-refractivity contribution < 1.29 is 9.18 Å². The van der Waals surface area contributed by atoms with Crippen LogP contribution in [0.5, 0.6) is 0 Å². The molecule has 20 heavy (non-hydrogen) atoms. The molecule has 0 saturated carbocycles. The molecule has 1 aromatic carbocycles. The van der Waals surface area contributed by atoms with E-state index in [0.717, 1.165) is 0 Å². The second-order valence-electron chi connectivity index (χ2n) is 3.94. The summed E-state index contributed by atoms with van der Waals surface area (Å²) in [6.07, 6.45) is 4.06. The van der Waals surface area contributed by atoms with Gasteiger partial charge in [-0.25, -0.2) is 9.07 Å². The molecule has 2 aromatic rings. The van der Waals surface area contributed by atoms with Crippen LogP contribution in [0.15, 0.2) is 53.6 Å². The maximum Gasteiger partial charge on any atom is 0.211 e. The third-order valence-corrected chi connectivity index (χ3v) is 2.53. The number of hydrogen-bond donors (Lipinski definition) is 1. The van der Waals surface area contributed by atoms with E-state index >= 15 is 0 Å². The molecule has 1 N–H and O–H groups in total. The Balaban J connectivity index is 2.43. The number of nitrogens with one attached hydrogen (secondary N) is 1. The lowest BCUT2D eigenvalue weighted by molar-refractivity contribution is 0.103. The minimum atomic E-state index is -0.499. The van der Waals surface area contributed by atoms with Crippen LogP contribution in [0.1, 0.15) is 10.5 Å². The van der Waals surface area contributed by atoms with E-state index in [1.54, 1.807) is 7.05 Å². The Labute approximate surface area is 114 Å². The summed E-state index contributed by atoms with van der Waals surface area (Å²) in [5, 5.41) is 6.64. The Bertz CT molecular complexity index is 705. The molecule has 0 unspecified atom stereocenters. The van der Waals surface area contributed by atoms with Gasteiger partial charge in [-0.05, 0) is 24.3 Å². The van der Waals surface area contributed by atoms with E-state index in [-0.39, 0.29) is 11.5 Å². The first-order chi connectivity index (χ1) is 9.61. The maximum absolute atomic E-state index is 12.9. The monoisotopic (exact) mass is 273 g/mol. The van der Waals surface area contributed by atoms with Gasteiger partial charge in [0, 0.05) is 31.6 Å². The molecule has 0 atom stereocenters. The fourth-order valence-electron chi connectivity index (χ4n) is 1.55. The molecule has 6 heteroatoms. The van der Waals surface area contributed by atoms with Crippen molar-refractivity contribution in [3.63, 3.8) is 0 Å². The van der Waals surface area contributed by atoms with Crippen molar-refractivity contribution in [2.24, 2.45) is 0 Å². The zero-order valence-corrected chi connectivity index (χ0v) is 10.7. The van der Waals surface area contributed by atoms with Crippen molar-refractivity contribution in [2.45, 2.75) is 0 Å². The van der Waals surface area contributed by atoms with Crippen LogP contribution in [0, 0.1) is 5.82 Å². The predicted octanol–water partition coefficient (Wildman–Crippen LogP) is 1.29. The quantitative estimate of drug-likeness (QED) is 0.673. The molecule has 0 amide bonds. The summed E-state index contributed by atoms with van der Waals surface area (Å²) in [6.45, 7) is 0. The lowest BCUT2D eigenvalue weighted by Crippen LogP contribution is -2.19. The van der Waals surface area contributed by atoms with Crippen LogP contribution in [0.3, 0.4) is 0 Å². The highest BCUT2D eigenvalue weighted by atomic mass is 19.1. The largest absolute Gasteiger partial charge is 0.394 e. The first-order valence-corrected chi connectivity index (χ1v) is 5.86. The number of halogens is 1. The fraction of sp³-hybridized carbons (Fsp3) is 0.0714. The predicted molar refractivity (Wildman–Crippen MR) is 72.3 cm³/mol. The van der Waals surface area contributed by atoms with Gasteiger partial charge in [-0.2, -0.15) is 5.10 Å². The van der Waals surface area contributed by atoms with Gasteiger partial charge in [-0.1, -0.05) is 0 Å². The summed E-state index contributed by atoms with van der Waals surface area (Å²) in [5.74, 6) is -0.871. The molecule has 0 aliphatic carbocycles. The fourth-order valence-corrected chi connectivity index (χ4v) is 1.55. The molecule has 102 valence electrons. The average molecular weight is 273 g/mol. The smallest absolute Gasteiger partial charge is 0.211 e. The number of hydrogen-bond acceptors (Lipinski definition) is 4. The summed E-state index contributed by atoms with van der Waals surface area (Å²) in [7, 11) is 1.64. The second kappa shape index (κ2) is 5.92. The number of carbonyl (C=O) groups excluding carboxylic acids is 1. The number of rotatable bonds is 4. The minimum absolute atomic E-state index is 0.191. The number of nitrogens with zero attached hydrogens (tertiary/aromatic N) is 2. The van der Waals surface area contributed by atoms with Crippen LogP contribution in [0.4, 0.5) is 4.39 Å². The molecule has 1 aromatic heterocycles. The normalized spacial score (nSPS) is 10.7. The number of carbonyl (C=O) groups is 1. The Kier molecular flexibility index (Phi) is 4.05. The number of allylic oxidation sites excluding steroid dienone is 1. The lowest BCUT2D eigenvalue weighted by Gasteiger charge is -2.05. The molecule has 0 radical (unpaired) electrons.